The van der Waals surface area contributed by atoms with Crippen LogP contribution in [-0.4, -0.2) is 4.98 Å². The van der Waals surface area contributed by atoms with E-state index < -0.39 is 0 Å². The molecule has 5 aromatic rings. The Morgan fingerprint density at radius 1 is 0.625 bits per heavy atom. The van der Waals surface area contributed by atoms with E-state index in [9.17, 15) is 0 Å². The Hall–Kier alpha value is -2.58. The number of rotatable bonds is 1. The molecule has 0 fully saturated rings. The fourth-order valence-electron chi connectivity index (χ4n) is 3.54. The predicted octanol–water partition coefficient (Wildman–Crippen LogP) is 6.90. The monoisotopic (exact) mass is 371 g/mol. The van der Waals surface area contributed by atoms with Crippen LogP contribution in [0.3, 0.4) is 0 Å². The molecule has 5 rings (SSSR count). The molecule has 0 aliphatic heterocycles. The zero-order valence-corrected chi connectivity index (χ0v) is 14.5. The summed E-state index contributed by atoms with van der Waals surface area (Å²) in [7, 11) is 0. The molecular weight excluding hydrogens is 358 g/mol. The van der Waals surface area contributed by atoms with Crippen LogP contribution in [0.1, 0.15) is 0 Å². The van der Waals surface area contributed by atoms with Gasteiger partial charge in [-0.3, -0.25) is 0 Å². The Kier molecular flexibility index (Phi) is 3.00. The Morgan fingerprint density at radius 3 is 2.33 bits per heavy atom. The van der Waals surface area contributed by atoms with Crippen molar-refractivity contribution in [1.82, 2.24) is 4.98 Å². The van der Waals surface area contributed by atoms with Crippen LogP contribution in [0.2, 0.25) is 0 Å². The van der Waals surface area contributed by atoms with Crippen LogP contribution in [0.25, 0.3) is 43.7 Å². The van der Waals surface area contributed by atoms with E-state index >= 15 is 0 Å². The van der Waals surface area contributed by atoms with Gasteiger partial charge in [0, 0.05) is 26.3 Å². The number of H-pyrrole nitrogens is 1. The number of hydrogen-bond acceptors (Lipinski definition) is 0. The van der Waals surface area contributed by atoms with Crippen molar-refractivity contribution in [1.29, 1.82) is 0 Å². The van der Waals surface area contributed by atoms with Gasteiger partial charge in [-0.05, 0) is 46.2 Å². The van der Waals surface area contributed by atoms with Crippen LogP contribution in [0.4, 0.5) is 0 Å². The van der Waals surface area contributed by atoms with E-state index in [-0.39, 0.29) is 0 Å². The molecule has 0 saturated carbocycles. The second kappa shape index (κ2) is 5.22. The maximum Gasteiger partial charge on any atom is 0.0476 e. The van der Waals surface area contributed by atoms with Gasteiger partial charge in [0.15, 0.2) is 0 Å². The molecule has 114 valence electrons. The summed E-state index contributed by atoms with van der Waals surface area (Å²) in [5, 5.41) is 5.09. The van der Waals surface area contributed by atoms with Crippen molar-refractivity contribution < 1.29 is 0 Å². The van der Waals surface area contributed by atoms with Crippen LogP contribution < -0.4 is 0 Å². The lowest BCUT2D eigenvalue weighted by Gasteiger charge is -2.06. The van der Waals surface area contributed by atoms with Gasteiger partial charge in [0.05, 0.1) is 0 Å². The number of aromatic amines is 1. The maximum absolute atomic E-state index is 3.71. The molecular formula is C22H14BrN. The van der Waals surface area contributed by atoms with Crippen molar-refractivity contribution in [3.05, 3.63) is 83.3 Å². The summed E-state index contributed by atoms with van der Waals surface area (Å²) in [6.07, 6.45) is 0. The summed E-state index contributed by atoms with van der Waals surface area (Å²) >= 11 is 3.71. The number of hydrogen-bond donors (Lipinski definition) is 1. The lowest BCUT2D eigenvalue weighted by molar-refractivity contribution is 1.55. The highest BCUT2D eigenvalue weighted by Crippen LogP contribution is 2.37. The fourth-order valence-corrected chi connectivity index (χ4v) is 4.11. The number of nitrogens with one attached hydrogen (secondary N) is 1. The van der Waals surface area contributed by atoms with Gasteiger partial charge in [-0.1, -0.05) is 70.5 Å². The van der Waals surface area contributed by atoms with Crippen molar-refractivity contribution in [2.75, 3.05) is 0 Å². The molecule has 0 bridgehead atoms. The van der Waals surface area contributed by atoms with Gasteiger partial charge in [-0.2, -0.15) is 0 Å². The smallest absolute Gasteiger partial charge is 0.0476 e. The molecule has 1 N–H and O–H groups in total. The number of benzene rings is 4. The molecule has 0 radical (unpaired) electrons. The summed E-state index contributed by atoms with van der Waals surface area (Å²) in [4.78, 5) is 3.53. The standard InChI is InChI=1S/C22H14BrN/c23-18-7-4-8-19-22(18)21-17-11-9-15(14-5-2-1-3-6-14)13-16(17)10-12-20(21)24-19/h1-13,24H. The van der Waals surface area contributed by atoms with Gasteiger partial charge in [-0.15, -0.1) is 0 Å². The average Bonchev–Trinajstić information content (AvgIpc) is 3.02. The predicted molar refractivity (Wildman–Crippen MR) is 106 cm³/mol. The molecule has 0 atom stereocenters. The van der Waals surface area contributed by atoms with E-state index in [2.05, 4.69) is 99.8 Å². The van der Waals surface area contributed by atoms with Crippen molar-refractivity contribution in [2.24, 2.45) is 0 Å². The molecule has 0 amide bonds. The largest absolute Gasteiger partial charge is 0.354 e. The van der Waals surface area contributed by atoms with Crippen molar-refractivity contribution in [2.45, 2.75) is 0 Å². The Labute approximate surface area is 148 Å². The van der Waals surface area contributed by atoms with Crippen LogP contribution in [-0.2, 0) is 0 Å². The SMILES string of the molecule is Brc1cccc2[nH]c3ccc4cc(-c5ccccc5)ccc4c3c12. The maximum atomic E-state index is 3.71. The van der Waals surface area contributed by atoms with Gasteiger partial charge in [-0.25, -0.2) is 0 Å². The molecule has 1 aromatic heterocycles. The molecule has 1 nitrogen and oxygen atoms in total. The molecule has 0 spiro atoms. The lowest BCUT2D eigenvalue weighted by atomic mass is 9.98. The third kappa shape index (κ3) is 2.00. The van der Waals surface area contributed by atoms with E-state index in [0.29, 0.717) is 0 Å². The first kappa shape index (κ1) is 13.8. The number of aromatic nitrogens is 1. The zero-order chi connectivity index (χ0) is 16.1. The van der Waals surface area contributed by atoms with Crippen LogP contribution in [0.15, 0.2) is 83.3 Å². The molecule has 24 heavy (non-hydrogen) atoms. The Bertz CT molecular complexity index is 1200. The van der Waals surface area contributed by atoms with Crippen molar-refractivity contribution in [3.63, 3.8) is 0 Å². The third-order valence-corrected chi connectivity index (χ3v) is 5.32. The molecule has 0 saturated heterocycles. The molecule has 1 heterocycles. The topological polar surface area (TPSA) is 15.8 Å². The van der Waals surface area contributed by atoms with E-state index in [1.165, 1.54) is 43.7 Å². The molecule has 0 aliphatic carbocycles. The molecule has 2 heteroatoms. The second-order valence-electron chi connectivity index (χ2n) is 6.08. The lowest BCUT2D eigenvalue weighted by Crippen LogP contribution is -1.80. The Morgan fingerprint density at radius 2 is 1.46 bits per heavy atom. The minimum absolute atomic E-state index is 1.13. The minimum Gasteiger partial charge on any atom is -0.354 e. The molecule has 0 aliphatic rings. The van der Waals surface area contributed by atoms with E-state index in [1.54, 1.807) is 0 Å². The minimum atomic E-state index is 1.13. The van der Waals surface area contributed by atoms with Gasteiger partial charge in [0.25, 0.3) is 0 Å². The third-order valence-electron chi connectivity index (χ3n) is 4.66. The van der Waals surface area contributed by atoms with Crippen LogP contribution in [0.5, 0.6) is 0 Å². The van der Waals surface area contributed by atoms with Crippen LogP contribution in [0, 0.1) is 0 Å². The first-order chi connectivity index (χ1) is 11.8. The van der Waals surface area contributed by atoms with Crippen LogP contribution >= 0.6 is 15.9 Å². The Balaban J connectivity index is 1.87. The summed E-state index contributed by atoms with van der Waals surface area (Å²) < 4.78 is 1.13. The fraction of sp³-hybridized carbons (Fsp3) is 0. The van der Waals surface area contributed by atoms with Gasteiger partial charge in [0.1, 0.15) is 0 Å². The van der Waals surface area contributed by atoms with Crippen molar-refractivity contribution in [3.8, 4) is 11.1 Å². The first-order valence-corrected chi connectivity index (χ1v) is 8.79. The van der Waals surface area contributed by atoms with E-state index in [1.807, 2.05) is 0 Å². The highest BCUT2D eigenvalue weighted by Gasteiger charge is 2.11. The first-order valence-electron chi connectivity index (χ1n) is 7.99. The highest BCUT2D eigenvalue weighted by molar-refractivity contribution is 9.10. The van der Waals surface area contributed by atoms with Gasteiger partial charge >= 0.3 is 0 Å². The van der Waals surface area contributed by atoms with Crippen molar-refractivity contribution >= 4 is 48.5 Å². The van der Waals surface area contributed by atoms with E-state index in [0.717, 1.165) is 4.47 Å². The van der Waals surface area contributed by atoms with Gasteiger partial charge in [0.2, 0.25) is 0 Å². The normalized spacial score (nSPS) is 11.5. The summed E-state index contributed by atoms with van der Waals surface area (Å²) in [6.45, 7) is 0. The average molecular weight is 372 g/mol. The number of fused-ring (bicyclic) bond motifs is 5. The zero-order valence-electron chi connectivity index (χ0n) is 12.9. The molecule has 4 aromatic carbocycles. The summed E-state index contributed by atoms with van der Waals surface area (Å²) in [5.41, 5.74) is 4.84. The summed E-state index contributed by atoms with van der Waals surface area (Å²) in [5.74, 6) is 0. The van der Waals surface area contributed by atoms with E-state index in [4.69, 9.17) is 0 Å². The summed E-state index contributed by atoms with van der Waals surface area (Å²) in [6, 6.07) is 27.9. The molecule has 0 unspecified atom stereocenters. The quantitative estimate of drug-likeness (QED) is 0.329. The highest BCUT2D eigenvalue weighted by atomic mass is 79.9. The number of halogens is 1. The second-order valence-corrected chi connectivity index (χ2v) is 6.93. The van der Waals surface area contributed by atoms with Gasteiger partial charge < -0.3 is 4.98 Å².